The van der Waals surface area contributed by atoms with Gasteiger partial charge in [-0.2, -0.15) is 0 Å². The molecule has 3 rings (SSSR count). The lowest BCUT2D eigenvalue weighted by Gasteiger charge is -2.15. The minimum Gasteiger partial charge on any atom is -0.493 e. The molecule has 3 aromatic carbocycles. The molecule has 1 N–H and O–H groups in total. The molecule has 0 spiro atoms. The molecule has 3 aromatic rings. The van der Waals surface area contributed by atoms with Crippen LogP contribution >= 0.6 is 11.6 Å². The predicted molar refractivity (Wildman–Crippen MR) is 143 cm³/mol. The first kappa shape index (κ1) is 26.8. The van der Waals surface area contributed by atoms with E-state index in [2.05, 4.69) is 5.32 Å². The molecule has 7 nitrogen and oxygen atoms in total. The molecule has 0 aliphatic rings. The van der Waals surface area contributed by atoms with E-state index in [1.54, 1.807) is 59.8 Å². The third kappa shape index (κ3) is 6.43. The van der Waals surface area contributed by atoms with Crippen molar-refractivity contribution < 1.29 is 28.5 Å². The van der Waals surface area contributed by atoms with Crippen LogP contribution in [0.2, 0.25) is 5.02 Å². The second-order valence-corrected chi connectivity index (χ2v) is 8.13. The molecule has 0 saturated heterocycles. The summed E-state index contributed by atoms with van der Waals surface area (Å²) in [5.41, 5.74) is 3.11. The Morgan fingerprint density at radius 3 is 1.92 bits per heavy atom. The van der Waals surface area contributed by atoms with E-state index in [0.29, 0.717) is 52.3 Å². The molecule has 0 bridgehead atoms. The molecule has 0 atom stereocenters. The SMILES string of the molecule is COc1cc(/C=C\c2cc(OC)c(OC)c(OC)c2)c(NCCC(=O)c2ccc(Cl)cc2)cc1OC. The van der Waals surface area contributed by atoms with Gasteiger partial charge in [-0.15, -0.1) is 0 Å². The Balaban J connectivity index is 1.86. The Morgan fingerprint density at radius 2 is 1.36 bits per heavy atom. The van der Waals surface area contributed by atoms with Gasteiger partial charge in [0.05, 0.1) is 35.5 Å². The number of ketones is 1. The molecule has 8 heteroatoms. The molecule has 36 heavy (non-hydrogen) atoms. The van der Waals surface area contributed by atoms with E-state index in [-0.39, 0.29) is 5.78 Å². The van der Waals surface area contributed by atoms with Gasteiger partial charge >= 0.3 is 0 Å². The van der Waals surface area contributed by atoms with E-state index in [1.807, 2.05) is 36.4 Å². The topological polar surface area (TPSA) is 75.3 Å². The fourth-order valence-corrected chi connectivity index (χ4v) is 3.79. The molecule has 0 unspecified atom stereocenters. The van der Waals surface area contributed by atoms with Crippen molar-refractivity contribution in [2.75, 3.05) is 47.4 Å². The van der Waals surface area contributed by atoms with Gasteiger partial charge in [-0.3, -0.25) is 4.79 Å². The molecule has 0 aromatic heterocycles. The zero-order valence-corrected chi connectivity index (χ0v) is 21.8. The first-order chi connectivity index (χ1) is 17.4. The van der Waals surface area contributed by atoms with E-state index in [1.165, 1.54) is 0 Å². The number of Topliss-reactive ketones (excluding diaryl/α,β-unsaturated/α-hetero) is 1. The number of rotatable bonds is 12. The van der Waals surface area contributed by atoms with Gasteiger partial charge < -0.3 is 29.0 Å². The molecule has 190 valence electrons. The first-order valence-corrected chi connectivity index (χ1v) is 11.6. The van der Waals surface area contributed by atoms with E-state index in [0.717, 1.165) is 16.8 Å². The van der Waals surface area contributed by atoms with Crippen LogP contribution in [0.3, 0.4) is 0 Å². The summed E-state index contributed by atoms with van der Waals surface area (Å²) in [7, 11) is 7.88. The minimum absolute atomic E-state index is 0.0224. The molecule has 0 aliphatic heterocycles. The highest BCUT2D eigenvalue weighted by Crippen LogP contribution is 2.39. The molecule has 0 amide bonds. The van der Waals surface area contributed by atoms with Crippen LogP contribution < -0.4 is 29.0 Å². The van der Waals surface area contributed by atoms with Crippen LogP contribution in [-0.4, -0.2) is 47.9 Å². The van der Waals surface area contributed by atoms with Crippen LogP contribution in [0.4, 0.5) is 5.69 Å². The Morgan fingerprint density at radius 1 is 0.778 bits per heavy atom. The Kier molecular flexibility index (Phi) is 9.47. The van der Waals surface area contributed by atoms with E-state index < -0.39 is 0 Å². The molecule has 0 saturated carbocycles. The van der Waals surface area contributed by atoms with Crippen LogP contribution in [0.5, 0.6) is 28.7 Å². The summed E-state index contributed by atoms with van der Waals surface area (Å²) < 4.78 is 27.3. The second kappa shape index (κ2) is 12.7. The van der Waals surface area contributed by atoms with E-state index in [9.17, 15) is 4.79 Å². The Bertz CT molecular complexity index is 1200. The predicted octanol–water partition coefficient (Wildman–Crippen LogP) is 6.24. The van der Waals surface area contributed by atoms with Crippen molar-refractivity contribution in [1.82, 2.24) is 0 Å². The van der Waals surface area contributed by atoms with Crippen molar-refractivity contribution in [3.05, 3.63) is 70.2 Å². The van der Waals surface area contributed by atoms with Crippen molar-refractivity contribution in [2.24, 2.45) is 0 Å². The van der Waals surface area contributed by atoms with Gasteiger partial charge in [0.25, 0.3) is 0 Å². The largest absolute Gasteiger partial charge is 0.493 e. The van der Waals surface area contributed by atoms with Crippen LogP contribution in [0.15, 0.2) is 48.5 Å². The van der Waals surface area contributed by atoms with E-state index in [4.69, 9.17) is 35.3 Å². The Labute approximate surface area is 216 Å². The Hall–Kier alpha value is -3.84. The number of anilines is 1. The fraction of sp³-hybridized carbons (Fsp3) is 0.250. The van der Waals surface area contributed by atoms with Gasteiger partial charge in [0.1, 0.15) is 0 Å². The van der Waals surface area contributed by atoms with Gasteiger partial charge in [0, 0.05) is 40.9 Å². The summed E-state index contributed by atoms with van der Waals surface area (Å²) in [4.78, 5) is 12.6. The van der Waals surface area contributed by atoms with E-state index >= 15 is 0 Å². The molecular formula is C28H30ClNO6. The standard InChI is InChI=1S/C28H30ClNO6/c1-32-24-16-20(7-6-18-14-26(34-3)28(36-5)27(15-18)35-4)22(17-25(24)33-2)30-13-12-23(31)19-8-10-21(29)11-9-19/h6-11,14-17,30H,12-13H2,1-5H3/b7-6-. The molecule has 0 radical (unpaired) electrons. The maximum Gasteiger partial charge on any atom is 0.203 e. The van der Waals surface area contributed by atoms with Gasteiger partial charge in [0.15, 0.2) is 28.8 Å². The quantitative estimate of drug-likeness (QED) is 0.228. The van der Waals surface area contributed by atoms with Crippen LogP contribution in [0.25, 0.3) is 12.2 Å². The van der Waals surface area contributed by atoms with Crippen molar-refractivity contribution >= 4 is 35.2 Å². The van der Waals surface area contributed by atoms with Gasteiger partial charge in [0.2, 0.25) is 5.75 Å². The number of hydrogen-bond donors (Lipinski definition) is 1. The number of carbonyl (C=O) groups is 1. The highest BCUT2D eigenvalue weighted by molar-refractivity contribution is 6.30. The second-order valence-electron chi connectivity index (χ2n) is 7.69. The summed E-state index contributed by atoms with van der Waals surface area (Å²) in [6.45, 7) is 0.433. The van der Waals surface area contributed by atoms with Gasteiger partial charge in [-0.25, -0.2) is 0 Å². The van der Waals surface area contributed by atoms with Gasteiger partial charge in [-0.05, 0) is 48.0 Å². The minimum atomic E-state index is 0.0224. The van der Waals surface area contributed by atoms with Crippen molar-refractivity contribution in [3.8, 4) is 28.7 Å². The number of benzene rings is 3. The van der Waals surface area contributed by atoms with Crippen LogP contribution in [0.1, 0.15) is 27.9 Å². The summed E-state index contributed by atoms with van der Waals surface area (Å²) in [6.07, 6.45) is 4.17. The number of hydrogen-bond acceptors (Lipinski definition) is 7. The van der Waals surface area contributed by atoms with Crippen molar-refractivity contribution in [1.29, 1.82) is 0 Å². The highest BCUT2D eigenvalue weighted by Gasteiger charge is 2.14. The zero-order chi connectivity index (χ0) is 26.1. The van der Waals surface area contributed by atoms with Crippen molar-refractivity contribution in [2.45, 2.75) is 6.42 Å². The number of methoxy groups -OCH3 is 5. The van der Waals surface area contributed by atoms with Gasteiger partial charge in [-0.1, -0.05) is 23.8 Å². The number of carbonyl (C=O) groups excluding carboxylic acids is 1. The van der Waals surface area contributed by atoms with Crippen molar-refractivity contribution in [3.63, 3.8) is 0 Å². The first-order valence-electron chi connectivity index (χ1n) is 11.2. The maximum atomic E-state index is 12.6. The van der Waals surface area contributed by atoms with Crippen LogP contribution in [0, 0.1) is 0 Å². The normalized spacial score (nSPS) is 10.7. The lowest BCUT2D eigenvalue weighted by Crippen LogP contribution is -2.10. The smallest absolute Gasteiger partial charge is 0.203 e. The molecular weight excluding hydrogens is 482 g/mol. The third-order valence-corrected chi connectivity index (χ3v) is 5.78. The summed E-state index contributed by atoms with van der Waals surface area (Å²) >= 11 is 5.92. The number of ether oxygens (including phenoxy) is 5. The molecule has 0 aliphatic carbocycles. The third-order valence-electron chi connectivity index (χ3n) is 5.53. The average Bonchev–Trinajstić information content (AvgIpc) is 2.91. The summed E-state index contributed by atoms with van der Waals surface area (Å²) in [5.74, 6) is 2.83. The summed E-state index contributed by atoms with van der Waals surface area (Å²) in [6, 6.07) is 14.3. The van der Waals surface area contributed by atoms with Crippen LogP contribution in [-0.2, 0) is 0 Å². The lowest BCUT2D eigenvalue weighted by molar-refractivity contribution is 0.0986. The monoisotopic (exact) mass is 511 g/mol. The lowest BCUT2D eigenvalue weighted by atomic mass is 10.1. The zero-order valence-electron chi connectivity index (χ0n) is 21.0. The highest BCUT2D eigenvalue weighted by atomic mass is 35.5. The number of halogens is 1. The summed E-state index contributed by atoms with van der Waals surface area (Å²) in [5, 5.41) is 3.94. The molecule has 0 fully saturated rings. The average molecular weight is 512 g/mol. The fourth-order valence-electron chi connectivity index (χ4n) is 3.66. The maximum absolute atomic E-state index is 12.6. The number of nitrogens with one attached hydrogen (secondary N) is 1. The molecule has 0 heterocycles.